The molecule has 0 amide bonds. The van der Waals surface area contributed by atoms with E-state index in [9.17, 15) is 4.79 Å². The Bertz CT molecular complexity index is 321. The summed E-state index contributed by atoms with van der Waals surface area (Å²) >= 11 is 0. The molecule has 0 aliphatic carbocycles. The number of benzene rings is 1. The second-order valence-electron chi connectivity index (χ2n) is 4.05. The van der Waals surface area contributed by atoms with Crippen LogP contribution in [-0.4, -0.2) is 18.7 Å². The van der Waals surface area contributed by atoms with Crippen LogP contribution >= 0.6 is 0 Å². The van der Waals surface area contributed by atoms with Crippen LogP contribution in [0.4, 0.5) is 0 Å². The van der Waals surface area contributed by atoms with E-state index in [1.165, 1.54) is 0 Å². The van der Waals surface area contributed by atoms with E-state index in [1.807, 2.05) is 44.2 Å². The van der Waals surface area contributed by atoms with Crippen molar-refractivity contribution >= 4 is 5.97 Å². The van der Waals surface area contributed by atoms with E-state index in [4.69, 9.17) is 9.47 Å². The molecular formula is C14H20O3. The maximum Gasteiger partial charge on any atom is 0.306 e. The van der Waals surface area contributed by atoms with Crippen LogP contribution in [0.5, 0.6) is 0 Å². The van der Waals surface area contributed by atoms with Crippen LogP contribution in [0, 0.1) is 0 Å². The molecule has 0 N–H and O–H groups in total. The second kappa shape index (κ2) is 7.85. The average Bonchev–Trinajstić information content (AvgIpc) is 2.30. The highest BCUT2D eigenvalue weighted by Crippen LogP contribution is 2.03. The molecule has 3 heteroatoms. The highest BCUT2D eigenvalue weighted by molar-refractivity contribution is 5.69. The normalized spacial score (nSPS) is 12.1. The van der Waals surface area contributed by atoms with Gasteiger partial charge in [-0.05, 0) is 18.9 Å². The molecule has 0 aliphatic rings. The highest BCUT2D eigenvalue weighted by Gasteiger charge is 2.08. The van der Waals surface area contributed by atoms with Gasteiger partial charge in [0.1, 0.15) is 6.10 Å². The summed E-state index contributed by atoms with van der Waals surface area (Å²) in [7, 11) is 0. The van der Waals surface area contributed by atoms with Crippen molar-refractivity contribution < 1.29 is 14.3 Å². The Morgan fingerprint density at radius 3 is 2.65 bits per heavy atom. The van der Waals surface area contributed by atoms with E-state index < -0.39 is 0 Å². The molecule has 1 aromatic rings. The van der Waals surface area contributed by atoms with Crippen molar-refractivity contribution in [1.82, 2.24) is 0 Å². The first-order valence-corrected chi connectivity index (χ1v) is 6.03. The minimum absolute atomic E-state index is 0.150. The monoisotopic (exact) mass is 236 g/mol. The molecular weight excluding hydrogens is 216 g/mol. The minimum Gasteiger partial charge on any atom is -0.460 e. The Balaban J connectivity index is 2.16. The van der Waals surface area contributed by atoms with Crippen LogP contribution in [0.15, 0.2) is 30.3 Å². The first-order valence-electron chi connectivity index (χ1n) is 6.03. The molecule has 0 bridgehead atoms. The zero-order chi connectivity index (χ0) is 12.5. The van der Waals surface area contributed by atoms with Gasteiger partial charge in [-0.1, -0.05) is 37.3 Å². The highest BCUT2D eigenvalue weighted by atomic mass is 16.6. The molecule has 94 valence electrons. The zero-order valence-electron chi connectivity index (χ0n) is 10.5. The summed E-state index contributed by atoms with van der Waals surface area (Å²) in [6.45, 7) is 4.79. The third-order valence-electron chi connectivity index (χ3n) is 2.25. The maximum absolute atomic E-state index is 11.2. The quantitative estimate of drug-likeness (QED) is 0.683. The topological polar surface area (TPSA) is 35.5 Å². The molecule has 0 spiro atoms. The van der Waals surface area contributed by atoms with Gasteiger partial charge in [-0.25, -0.2) is 0 Å². The predicted octanol–water partition coefficient (Wildman–Crippen LogP) is 2.94. The fraction of sp³-hybridized carbons (Fsp3) is 0.500. The average molecular weight is 236 g/mol. The van der Waals surface area contributed by atoms with Crippen molar-refractivity contribution in [2.24, 2.45) is 0 Å². The van der Waals surface area contributed by atoms with Gasteiger partial charge in [-0.3, -0.25) is 4.79 Å². The zero-order valence-corrected chi connectivity index (χ0v) is 10.5. The van der Waals surface area contributed by atoms with E-state index in [-0.39, 0.29) is 12.1 Å². The van der Waals surface area contributed by atoms with Gasteiger partial charge in [-0.15, -0.1) is 0 Å². The van der Waals surface area contributed by atoms with Crippen LogP contribution in [0.2, 0.25) is 0 Å². The van der Waals surface area contributed by atoms with E-state index in [2.05, 4.69) is 0 Å². The molecule has 0 aromatic heterocycles. The Kier molecular flexibility index (Phi) is 6.33. The maximum atomic E-state index is 11.2. The van der Waals surface area contributed by atoms with Gasteiger partial charge >= 0.3 is 5.97 Å². The number of carbonyl (C=O) groups excluding carboxylic acids is 1. The Morgan fingerprint density at radius 1 is 1.29 bits per heavy atom. The number of carbonyl (C=O) groups is 1. The number of hydrogen-bond acceptors (Lipinski definition) is 3. The third kappa shape index (κ3) is 6.07. The summed E-state index contributed by atoms with van der Waals surface area (Å²) in [6, 6.07) is 9.94. The van der Waals surface area contributed by atoms with E-state index in [1.54, 1.807) is 0 Å². The molecule has 1 atom stereocenters. The molecule has 0 aliphatic heterocycles. The van der Waals surface area contributed by atoms with E-state index in [0.29, 0.717) is 19.6 Å². The Labute approximate surface area is 103 Å². The van der Waals surface area contributed by atoms with Crippen molar-refractivity contribution in [3.05, 3.63) is 35.9 Å². The van der Waals surface area contributed by atoms with Crippen LogP contribution in [0.1, 0.15) is 32.3 Å². The summed E-state index contributed by atoms with van der Waals surface area (Å²) in [4.78, 5) is 11.2. The molecule has 17 heavy (non-hydrogen) atoms. The van der Waals surface area contributed by atoms with Crippen LogP contribution in [0.3, 0.4) is 0 Å². The van der Waals surface area contributed by atoms with Crippen LogP contribution < -0.4 is 0 Å². The molecule has 0 heterocycles. The first kappa shape index (κ1) is 13.7. The van der Waals surface area contributed by atoms with Crippen molar-refractivity contribution in [3.8, 4) is 0 Å². The van der Waals surface area contributed by atoms with E-state index in [0.717, 1.165) is 12.0 Å². The predicted molar refractivity (Wildman–Crippen MR) is 66.6 cm³/mol. The van der Waals surface area contributed by atoms with Gasteiger partial charge in [0.15, 0.2) is 0 Å². The van der Waals surface area contributed by atoms with Gasteiger partial charge in [0.2, 0.25) is 0 Å². The van der Waals surface area contributed by atoms with Crippen molar-refractivity contribution in [2.45, 2.75) is 39.4 Å². The van der Waals surface area contributed by atoms with Crippen molar-refractivity contribution in [1.29, 1.82) is 0 Å². The third-order valence-corrected chi connectivity index (χ3v) is 2.25. The number of hydrogen-bond donors (Lipinski definition) is 0. The lowest BCUT2D eigenvalue weighted by Crippen LogP contribution is -2.20. The fourth-order valence-electron chi connectivity index (χ4n) is 1.44. The molecule has 0 saturated carbocycles. The SMILES string of the molecule is CCCC(=O)O[C@@H](C)COCc1ccccc1. The smallest absolute Gasteiger partial charge is 0.306 e. The van der Waals surface area contributed by atoms with Gasteiger partial charge in [-0.2, -0.15) is 0 Å². The first-order chi connectivity index (χ1) is 8.22. The number of ether oxygens (including phenoxy) is 2. The largest absolute Gasteiger partial charge is 0.460 e. The fourth-order valence-corrected chi connectivity index (χ4v) is 1.44. The summed E-state index contributed by atoms with van der Waals surface area (Å²) in [5.74, 6) is -0.150. The standard InChI is InChI=1S/C14H20O3/c1-3-7-14(15)17-12(2)10-16-11-13-8-5-4-6-9-13/h4-6,8-9,12H,3,7,10-11H2,1-2H3/t12-/m0/s1. The summed E-state index contributed by atoms with van der Waals surface area (Å²) in [5, 5.41) is 0. The molecule has 0 fully saturated rings. The Morgan fingerprint density at radius 2 is 2.00 bits per heavy atom. The van der Waals surface area contributed by atoms with Gasteiger partial charge < -0.3 is 9.47 Å². The summed E-state index contributed by atoms with van der Waals surface area (Å²) in [5.41, 5.74) is 1.12. The second-order valence-corrected chi connectivity index (χ2v) is 4.05. The molecule has 1 rings (SSSR count). The van der Waals surface area contributed by atoms with Crippen molar-refractivity contribution in [2.75, 3.05) is 6.61 Å². The van der Waals surface area contributed by atoms with E-state index >= 15 is 0 Å². The lowest BCUT2D eigenvalue weighted by Gasteiger charge is -2.13. The minimum atomic E-state index is -0.183. The number of esters is 1. The molecule has 3 nitrogen and oxygen atoms in total. The van der Waals surface area contributed by atoms with Gasteiger partial charge in [0.25, 0.3) is 0 Å². The molecule has 1 aromatic carbocycles. The lowest BCUT2D eigenvalue weighted by atomic mass is 10.2. The molecule has 0 unspecified atom stereocenters. The van der Waals surface area contributed by atoms with Crippen LogP contribution in [-0.2, 0) is 20.9 Å². The summed E-state index contributed by atoms with van der Waals surface area (Å²) in [6.07, 6.45) is 1.11. The van der Waals surface area contributed by atoms with Gasteiger partial charge in [0.05, 0.1) is 13.2 Å². The molecule has 0 radical (unpaired) electrons. The van der Waals surface area contributed by atoms with Crippen LogP contribution in [0.25, 0.3) is 0 Å². The lowest BCUT2D eigenvalue weighted by molar-refractivity contribution is -0.151. The summed E-state index contributed by atoms with van der Waals surface area (Å²) < 4.78 is 10.6. The molecule has 0 saturated heterocycles. The van der Waals surface area contributed by atoms with Crippen molar-refractivity contribution in [3.63, 3.8) is 0 Å². The van der Waals surface area contributed by atoms with Gasteiger partial charge in [0, 0.05) is 6.42 Å². The Hall–Kier alpha value is -1.35. The number of rotatable bonds is 7.